The number of thioether (sulfide) groups is 1. The van der Waals surface area contributed by atoms with Gasteiger partial charge in [0.05, 0.1) is 11.3 Å². The third-order valence-corrected chi connectivity index (χ3v) is 3.88. The van der Waals surface area contributed by atoms with E-state index in [9.17, 15) is 14.9 Å². The zero-order valence-corrected chi connectivity index (χ0v) is 12.6. The maximum atomic E-state index is 11.6. The van der Waals surface area contributed by atoms with Gasteiger partial charge in [0.2, 0.25) is 0 Å². The predicted octanol–water partition coefficient (Wildman–Crippen LogP) is 3.82. The summed E-state index contributed by atoms with van der Waals surface area (Å²) in [7, 11) is 0. The average molecular weight is 317 g/mol. The van der Waals surface area contributed by atoms with Gasteiger partial charge in [0, 0.05) is 22.8 Å². The summed E-state index contributed by atoms with van der Waals surface area (Å²) < 4.78 is 5.18. The number of hydrogen-bond donors (Lipinski definition) is 0. The molecule has 22 heavy (non-hydrogen) atoms. The van der Waals surface area contributed by atoms with Crippen LogP contribution in [0.25, 0.3) is 0 Å². The molecule has 6 heteroatoms. The van der Waals surface area contributed by atoms with Gasteiger partial charge < -0.3 is 4.74 Å². The number of benzene rings is 2. The molecule has 0 unspecified atom stereocenters. The second-order valence-electron chi connectivity index (χ2n) is 4.50. The second-order valence-corrected chi connectivity index (χ2v) is 5.66. The van der Waals surface area contributed by atoms with Crippen LogP contribution in [0.15, 0.2) is 59.5 Å². The Morgan fingerprint density at radius 3 is 2.41 bits per heavy atom. The Hall–Kier alpha value is -2.34. The molecular formula is C16H15NO4S. The number of rotatable bonds is 7. The van der Waals surface area contributed by atoms with Crippen molar-refractivity contribution in [3.05, 3.63) is 70.3 Å². The fourth-order valence-electron chi connectivity index (χ4n) is 1.73. The fraction of sp³-hybridized carbons (Fsp3) is 0.188. The molecule has 0 aromatic heterocycles. The van der Waals surface area contributed by atoms with Crippen molar-refractivity contribution < 1.29 is 14.5 Å². The van der Waals surface area contributed by atoms with Crippen molar-refractivity contribution in [3.8, 4) is 0 Å². The highest BCUT2D eigenvalue weighted by Gasteiger charge is 2.06. The number of ether oxygens (including phenoxy) is 1. The molecule has 0 saturated heterocycles. The lowest BCUT2D eigenvalue weighted by Gasteiger charge is -2.05. The molecule has 2 aromatic carbocycles. The van der Waals surface area contributed by atoms with Gasteiger partial charge in [-0.05, 0) is 17.7 Å². The minimum atomic E-state index is -0.435. The summed E-state index contributed by atoms with van der Waals surface area (Å²) in [5.41, 5.74) is 1.02. The molecule has 5 nitrogen and oxygen atoms in total. The standard InChI is InChI=1S/C16H15NO4S/c18-16(21-12-13-4-2-1-3-5-13)10-11-22-15-8-6-14(7-9-15)17(19)20/h1-9H,10-12H2. The minimum absolute atomic E-state index is 0.0617. The molecular weight excluding hydrogens is 302 g/mol. The molecule has 0 bridgehead atoms. The molecule has 2 rings (SSSR count). The first-order valence-corrected chi connectivity index (χ1v) is 7.70. The summed E-state index contributed by atoms with van der Waals surface area (Å²) in [5, 5.41) is 10.5. The maximum Gasteiger partial charge on any atom is 0.306 e. The first-order valence-electron chi connectivity index (χ1n) is 6.72. The molecule has 114 valence electrons. The van der Waals surface area contributed by atoms with Crippen LogP contribution >= 0.6 is 11.8 Å². The largest absolute Gasteiger partial charge is 0.461 e. The average Bonchev–Trinajstić information content (AvgIpc) is 2.54. The maximum absolute atomic E-state index is 11.6. The first kappa shape index (κ1) is 16.0. The Morgan fingerprint density at radius 2 is 1.77 bits per heavy atom. The lowest BCUT2D eigenvalue weighted by molar-refractivity contribution is -0.384. The van der Waals surface area contributed by atoms with Crippen molar-refractivity contribution in [2.24, 2.45) is 0 Å². The molecule has 0 aliphatic rings. The van der Waals surface area contributed by atoms with Crippen LogP contribution in [0.1, 0.15) is 12.0 Å². The summed E-state index contributed by atoms with van der Waals surface area (Å²) in [4.78, 5) is 22.6. The molecule has 0 N–H and O–H groups in total. The monoisotopic (exact) mass is 317 g/mol. The number of non-ortho nitro benzene ring substituents is 1. The molecule has 0 fully saturated rings. The molecule has 0 saturated carbocycles. The number of nitro groups is 1. The van der Waals surface area contributed by atoms with Crippen LogP contribution in [0.4, 0.5) is 5.69 Å². The van der Waals surface area contributed by atoms with Crippen LogP contribution in [-0.4, -0.2) is 16.6 Å². The van der Waals surface area contributed by atoms with Gasteiger partial charge in [-0.1, -0.05) is 30.3 Å². The smallest absolute Gasteiger partial charge is 0.306 e. The molecule has 2 aromatic rings. The van der Waals surface area contributed by atoms with Crippen LogP contribution in [0.5, 0.6) is 0 Å². The fourth-order valence-corrected chi connectivity index (χ4v) is 2.56. The molecule has 0 radical (unpaired) electrons. The molecule has 0 aliphatic carbocycles. The van der Waals surface area contributed by atoms with Gasteiger partial charge in [0.25, 0.3) is 5.69 Å². The third kappa shape index (κ3) is 5.21. The van der Waals surface area contributed by atoms with E-state index >= 15 is 0 Å². The second kappa shape index (κ2) is 8.19. The van der Waals surface area contributed by atoms with Gasteiger partial charge in [0.15, 0.2) is 0 Å². The Labute approximate surface area is 132 Å². The van der Waals surface area contributed by atoms with E-state index in [-0.39, 0.29) is 18.3 Å². The van der Waals surface area contributed by atoms with Gasteiger partial charge in [-0.2, -0.15) is 0 Å². The molecule has 0 atom stereocenters. The van der Waals surface area contributed by atoms with E-state index in [1.54, 1.807) is 12.1 Å². The van der Waals surface area contributed by atoms with Gasteiger partial charge in [-0.15, -0.1) is 11.8 Å². The number of carbonyl (C=O) groups excluding carboxylic acids is 1. The highest BCUT2D eigenvalue weighted by Crippen LogP contribution is 2.22. The summed E-state index contributed by atoms with van der Waals surface area (Å²) in [6.45, 7) is 0.280. The Bertz CT molecular complexity index is 628. The Morgan fingerprint density at radius 1 is 1.09 bits per heavy atom. The van der Waals surface area contributed by atoms with E-state index in [0.29, 0.717) is 12.2 Å². The zero-order chi connectivity index (χ0) is 15.8. The van der Waals surface area contributed by atoms with Crippen molar-refractivity contribution >= 4 is 23.4 Å². The van der Waals surface area contributed by atoms with Crippen LogP contribution in [-0.2, 0) is 16.1 Å². The van der Waals surface area contributed by atoms with E-state index < -0.39 is 4.92 Å². The van der Waals surface area contributed by atoms with Crippen molar-refractivity contribution in [3.63, 3.8) is 0 Å². The third-order valence-electron chi connectivity index (χ3n) is 2.87. The first-order chi connectivity index (χ1) is 10.6. The number of nitro benzene ring substituents is 1. The summed E-state index contributed by atoms with van der Waals surface area (Å²) in [6, 6.07) is 15.8. The number of esters is 1. The minimum Gasteiger partial charge on any atom is -0.461 e. The number of hydrogen-bond acceptors (Lipinski definition) is 5. The lowest BCUT2D eigenvalue weighted by atomic mass is 10.2. The summed E-state index contributed by atoms with van der Waals surface area (Å²) in [6.07, 6.45) is 0.300. The molecule has 0 amide bonds. The summed E-state index contributed by atoms with van der Waals surface area (Å²) in [5.74, 6) is 0.323. The van der Waals surface area contributed by atoms with Crippen molar-refractivity contribution in [1.29, 1.82) is 0 Å². The highest BCUT2D eigenvalue weighted by atomic mass is 32.2. The van der Waals surface area contributed by atoms with E-state index in [1.165, 1.54) is 23.9 Å². The molecule has 0 heterocycles. The molecule has 0 aliphatic heterocycles. The van der Waals surface area contributed by atoms with E-state index in [2.05, 4.69) is 0 Å². The van der Waals surface area contributed by atoms with Crippen molar-refractivity contribution in [2.45, 2.75) is 17.9 Å². The van der Waals surface area contributed by atoms with Crippen LogP contribution in [0, 0.1) is 10.1 Å². The van der Waals surface area contributed by atoms with Crippen molar-refractivity contribution in [2.75, 3.05) is 5.75 Å². The highest BCUT2D eigenvalue weighted by molar-refractivity contribution is 7.99. The lowest BCUT2D eigenvalue weighted by Crippen LogP contribution is -2.05. The Balaban J connectivity index is 1.69. The topological polar surface area (TPSA) is 69.4 Å². The van der Waals surface area contributed by atoms with Gasteiger partial charge in [-0.3, -0.25) is 14.9 Å². The SMILES string of the molecule is O=C(CCSc1ccc([N+](=O)[O-])cc1)OCc1ccccc1. The predicted molar refractivity (Wildman–Crippen MR) is 84.7 cm³/mol. The Kier molecular flexibility index (Phi) is 5.97. The van der Waals surface area contributed by atoms with E-state index in [4.69, 9.17) is 4.74 Å². The zero-order valence-electron chi connectivity index (χ0n) is 11.8. The van der Waals surface area contributed by atoms with Crippen molar-refractivity contribution in [1.82, 2.24) is 0 Å². The number of nitrogens with zero attached hydrogens (tertiary/aromatic N) is 1. The summed E-state index contributed by atoms with van der Waals surface area (Å²) >= 11 is 1.47. The van der Waals surface area contributed by atoms with Gasteiger partial charge in [-0.25, -0.2) is 0 Å². The van der Waals surface area contributed by atoms with Gasteiger partial charge >= 0.3 is 5.97 Å². The van der Waals surface area contributed by atoms with Crippen LogP contribution < -0.4 is 0 Å². The van der Waals surface area contributed by atoms with Gasteiger partial charge in [0.1, 0.15) is 6.61 Å². The van der Waals surface area contributed by atoms with Crippen LogP contribution in [0.2, 0.25) is 0 Å². The van der Waals surface area contributed by atoms with Crippen LogP contribution in [0.3, 0.4) is 0 Å². The van der Waals surface area contributed by atoms with E-state index in [1.807, 2.05) is 30.3 Å². The van der Waals surface area contributed by atoms with E-state index in [0.717, 1.165) is 10.5 Å². The normalized spacial score (nSPS) is 10.2. The molecule has 0 spiro atoms. The number of carbonyl (C=O) groups is 1. The quantitative estimate of drug-likeness (QED) is 0.336.